The maximum absolute atomic E-state index is 12.1. The Morgan fingerprint density at radius 3 is 2.54 bits per heavy atom. The van der Waals surface area contributed by atoms with Gasteiger partial charge < -0.3 is 14.8 Å². The fourth-order valence-corrected chi connectivity index (χ4v) is 2.07. The Hall–Kier alpha value is -2.83. The van der Waals surface area contributed by atoms with Gasteiger partial charge in [-0.05, 0) is 44.2 Å². The van der Waals surface area contributed by atoms with E-state index in [1.807, 2.05) is 0 Å². The number of carbonyl (C=O) groups is 1. The molecule has 2 rings (SSSR count). The van der Waals surface area contributed by atoms with Crippen molar-refractivity contribution in [3.63, 3.8) is 0 Å². The van der Waals surface area contributed by atoms with Gasteiger partial charge in [-0.25, -0.2) is 4.68 Å². The highest BCUT2D eigenvalue weighted by atomic mass is 16.5. The molecule has 0 fully saturated rings. The molecule has 0 radical (unpaired) electrons. The first-order valence-electron chi connectivity index (χ1n) is 7.62. The molecule has 7 heteroatoms. The second-order valence-corrected chi connectivity index (χ2v) is 5.25. The van der Waals surface area contributed by atoms with E-state index in [9.17, 15) is 9.59 Å². The fourth-order valence-electron chi connectivity index (χ4n) is 2.07. The molecule has 0 saturated heterocycles. The lowest BCUT2D eigenvalue weighted by atomic mass is 10.3. The molecule has 24 heavy (non-hydrogen) atoms. The molecule has 1 aromatic heterocycles. The van der Waals surface area contributed by atoms with Gasteiger partial charge in [0.1, 0.15) is 24.1 Å². The van der Waals surface area contributed by atoms with Crippen molar-refractivity contribution in [1.82, 2.24) is 15.1 Å². The van der Waals surface area contributed by atoms with Gasteiger partial charge in [-0.15, -0.1) is 0 Å². The number of hydrogen-bond acceptors (Lipinski definition) is 5. The topological polar surface area (TPSA) is 82.4 Å². The maximum Gasteiger partial charge on any atom is 0.267 e. The number of rotatable bonds is 7. The summed E-state index contributed by atoms with van der Waals surface area (Å²) in [5.74, 6) is 1.16. The molecular weight excluding hydrogens is 310 g/mol. The molecule has 0 aliphatic heterocycles. The molecule has 1 heterocycles. The van der Waals surface area contributed by atoms with Crippen molar-refractivity contribution in [1.29, 1.82) is 0 Å². The number of carbonyl (C=O) groups excluding carboxylic acids is 1. The zero-order valence-corrected chi connectivity index (χ0v) is 14.0. The largest absolute Gasteiger partial charge is 0.497 e. The second-order valence-electron chi connectivity index (χ2n) is 5.25. The Labute approximate surface area is 140 Å². The molecule has 0 spiro atoms. The summed E-state index contributed by atoms with van der Waals surface area (Å²) >= 11 is 0. The molecule has 0 aliphatic rings. The van der Waals surface area contributed by atoms with Crippen LogP contribution in [0.2, 0.25) is 0 Å². The van der Waals surface area contributed by atoms with E-state index >= 15 is 0 Å². The average Bonchev–Trinajstić information content (AvgIpc) is 2.60. The third-order valence-corrected chi connectivity index (χ3v) is 3.43. The standard InChI is InChI=1S/C17H21N3O4/c1-12-4-9-16(21)20(19-12)13(2)17(22)18-10-11-24-15-7-5-14(23-3)6-8-15/h4-9,13H,10-11H2,1-3H3,(H,18,22). The monoisotopic (exact) mass is 331 g/mol. The van der Waals surface area contributed by atoms with Crippen LogP contribution < -0.4 is 20.3 Å². The van der Waals surface area contributed by atoms with Gasteiger partial charge in [0, 0.05) is 6.07 Å². The Balaban J connectivity index is 1.82. The van der Waals surface area contributed by atoms with Gasteiger partial charge in [-0.3, -0.25) is 9.59 Å². The lowest BCUT2D eigenvalue weighted by Gasteiger charge is -2.14. The highest BCUT2D eigenvalue weighted by Crippen LogP contribution is 2.16. The molecule has 2 aromatic rings. The normalized spacial score (nSPS) is 11.6. The van der Waals surface area contributed by atoms with Crippen LogP contribution in [0.3, 0.4) is 0 Å². The summed E-state index contributed by atoms with van der Waals surface area (Å²) in [7, 11) is 1.60. The summed E-state index contributed by atoms with van der Waals surface area (Å²) in [6, 6.07) is 9.51. The van der Waals surface area contributed by atoms with Crippen molar-refractivity contribution in [2.75, 3.05) is 20.3 Å². The van der Waals surface area contributed by atoms with E-state index in [1.54, 1.807) is 51.3 Å². The number of benzene rings is 1. The molecule has 1 atom stereocenters. The highest BCUT2D eigenvalue weighted by Gasteiger charge is 2.16. The Bertz CT molecular complexity index is 740. The number of aromatic nitrogens is 2. The van der Waals surface area contributed by atoms with E-state index in [2.05, 4.69) is 10.4 Å². The lowest BCUT2D eigenvalue weighted by Crippen LogP contribution is -2.38. The smallest absolute Gasteiger partial charge is 0.267 e. The van der Waals surface area contributed by atoms with Crippen molar-refractivity contribution in [2.45, 2.75) is 19.9 Å². The van der Waals surface area contributed by atoms with Gasteiger partial charge in [0.25, 0.3) is 5.56 Å². The number of amides is 1. The molecule has 0 bridgehead atoms. The summed E-state index contributed by atoms with van der Waals surface area (Å²) in [4.78, 5) is 23.9. The summed E-state index contributed by atoms with van der Waals surface area (Å²) in [5, 5.41) is 6.82. The van der Waals surface area contributed by atoms with E-state index in [0.717, 1.165) is 5.75 Å². The second kappa shape index (κ2) is 8.14. The minimum absolute atomic E-state index is 0.284. The molecule has 1 aromatic carbocycles. The highest BCUT2D eigenvalue weighted by molar-refractivity contribution is 5.79. The lowest BCUT2D eigenvalue weighted by molar-refractivity contribution is -0.124. The van der Waals surface area contributed by atoms with Crippen LogP contribution in [-0.4, -0.2) is 35.9 Å². The first kappa shape index (κ1) is 17.5. The predicted octanol–water partition coefficient (Wildman–Crippen LogP) is 1.32. The molecule has 0 saturated carbocycles. The number of aryl methyl sites for hydroxylation is 1. The van der Waals surface area contributed by atoms with Crippen LogP contribution in [0, 0.1) is 6.92 Å². The molecule has 128 valence electrons. The summed E-state index contributed by atoms with van der Waals surface area (Å²) in [5.41, 5.74) is 0.370. The van der Waals surface area contributed by atoms with Crippen LogP contribution in [0.1, 0.15) is 18.7 Å². The molecule has 1 unspecified atom stereocenters. The number of nitrogens with one attached hydrogen (secondary N) is 1. The number of hydrogen-bond donors (Lipinski definition) is 1. The minimum Gasteiger partial charge on any atom is -0.497 e. The van der Waals surface area contributed by atoms with E-state index in [0.29, 0.717) is 24.6 Å². The number of nitrogens with zero attached hydrogens (tertiary/aromatic N) is 2. The van der Waals surface area contributed by atoms with Crippen LogP contribution in [0.4, 0.5) is 0 Å². The van der Waals surface area contributed by atoms with Gasteiger partial charge in [-0.2, -0.15) is 5.10 Å². The maximum atomic E-state index is 12.1. The van der Waals surface area contributed by atoms with E-state index in [4.69, 9.17) is 9.47 Å². The Morgan fingerprint density at radius 1 is 1.21 bits per heavy atom. The van der Waals surface area contributed by atoms with Crippen molar-refractivity contribution in [2.24, 2.45) is 0 Å². The predicted molar refractivity (Wildman–Crippen MR) is 89.4 cm³/mol. The average molecular weight is 331 g/mol. The summed E-state index contributed by atoms with van der Waals surface area (Å²) in [6.45, 7) is 4.05. The van der Waals surface area contributed by atoms with Crippen LogP contribution in [0.25, 0.3) is 0 Å². The first-order valence-corrected chi connectivity index (χ1v) is 7.62. The van der Waals surface area contributed by atoms with Gasteiger partial charge in [0.2, 0.25) is 5.91 Å². The first-order chi connectivity index (χ1) is 11.5. The number of methoxy groups -OCH3 is 1. The van der Waals surface area contributed by atoms with E-state index in [-0.39, 0.29) is 11.5 Å². The van der Waals surface area contributed by atoms with Gasteiger partial charge in [0.05, 0.1) is 19.3 Å². The quantitative estimate of drug-likeness (QED) is 0.774. The van der Waals surface area contributed by atoms with Crippen molar-refractivity contribution < 1.29 is 14.3 Å². The third-order valence-electron chi connectivity index (χ3n) is 3.43. The molecular formula is C17H21N3O4. The van der Waals surface area contributed by atoms with Gasteiger partial charge in [0.15, 0.2) is 0 Å². The fraction of sp³-hybridized carbons (Fsp3) is 0.353. The Kier molecular flexibility index (Phi) is 5.95. The Morgan fingerprint density at radius 2 is 1.88 bits per heavy atom. The van der Waals surface area contributed by atoms with Crippen molar-refractivity contribution in [3.05, 3.63) is 52.4 Å². The van der Waals surface area contributed by atoms with E-state index in [1.165, 1.54) is 10.7 Å². The van der Waals surface area contributed by atoms with Crippen LogP contribution in [-0.2, 0) is 4.79 Å². The van der Waals surface area contributed by atoms with Crippen molar-refractivity contribution >= 4 is 5.91 Å². The molecule has 1 N–H and O–H groups in total. The minimum atomic E-state index is -0.682. The van der Waals surface area contributed by atoms with Gasteiger partial charge >= 0.3 is 0 Å². The SMILES string of the molecule is COc1ccc(OCCNC(=O)C(C)n2nc(C)ccc2=O)cc1. The van der Waals surface area contributed by atoms with E-state index < -0.39 is 6.04 Å². The summed E-state index contributed by atoms with van der Waals surface area (Å²) < 4.78 is 11.8. The van der Waals surface area contributed by atoms with Crippen LogP contribution in [0.5, 0.6) is 11.5 Å². The zero-order chi connectivity index (χ0) is 17.5. The molecule has 0 aliphatic carbocycles. The third kappa shape index (κ3) is 4.58. The summed E-state index contributed by atoms with van der Waals surface area (Å²) in [6.07, 6.45) is 0. The number of ether oxygens (including phenoxy) is 2. The zero-order valence-electron chi connectivity index (χ0n) is 14.0. The van der Waals surface area contributed by atoms with Crippen molar-refractivity contribution in [3.8, 4) is 11.5 Å². The van der Waals surface area contributed by atoms with Gasteiger partial charge in [-0.1, -0.05) is 0 Å². The van der Waals surface area contributed by atoms with Crippen LogP contribution in [0.15, 0.2) is 41.2 Å². The molecule has 7 nitrogen and oxygen atoms in total. The molecule has 1 amide bonds. The van der Waals surface area contributed by atoms with Crippen LogP contribution >= 0.6 is 0 Å².